The average molecular weight is 270 g/mol. The Morgan fingerprint density at radius 3 is 2.83 bits per heavy atom. The Morgan fingerprint density at radius 1 is 1.39 bits per heavy atom. The Bertz CT molecular complexity index is 393. The van der Waals surface area contributed by atoms with Crippen LogP contribution in [0.1, 0.15) is 31.7 Å². The molecule has 1 amide bonds. The molecular weight excluding hydrogens is 250 g/mol. The zero-order valence-corrected chi connectivity index (χ0v) is 11.7. The van der Waals surface area contributed by atoms with Crippen molar-refractivity contribution in [2.24, 2.45) is 0 Å². The molecule has 0 spiro atoms. The Kier molecular flexibility index (Phi) is 6.58. The van der Waals surface area contributed by atoms with Gasteiger partial charge in [0.1, 0.15) is 5.75 Å². The third-order valence-corrected chi connectivity index (χ3v) is 2.93. The van der Waals surface area contributed by atoms with E-state index in [4.69, 9.17) is 16.3 Å². The highest BCUT2D eigenvalue weighted by Gasteiger charge is 2.08. The van der Waals surface area contributed by atoms with E-state index in [0.29, 0.717) is 17.2 Å². The molecule has 0 atom stereocenters. The van der Waals surface area contributed by atoms with Crippen LogP contribution in [0.25, 0.3) is 0 Å². The summed E-state index contributed by atoms with van der Waals surface area (Å²) in [4.78, 5) is 11.7. The van der Waals surface area contributed by atoms with Gasteiger partial charge in [0.25, 0.3) is 0 Å². The zero-order valence-electron chi connectivity index (χ0n) is 11.0. The highest BCUT2D eigenvalue weighted by molar-refractivity contribution is 6.30. The van der Waals surface area contributed by atoms with Crippen LogP contribution in [0.2, 0.25) is 5.02 Å². The number of hydrogen-bond acceptors (Lipinski definition) is 2. The fraction of sp³-hybridized carbons (Fsp3) is 0.500. The maximum Gasteiger partial charge on any atom is 0.224 e. The van der Waals surface area contributed by atoms with Crippen LogP contribution in [-0.4, -0.2) is 19.6 Å². The number of carbonyl (C=O) groups is 1. The van der Waals surface area contributed by atoms with Crippen LogP contribution in [0.5, 0.6) is 5.75 Å². The molecule has 0 heterocycles. The van der Waals surface area contributed by atoms with Gasteiger partial charge >= 0.3 is 0 Å². The second-order valence-corrected chi connectivity index (χ2v) is 4.63. The van der Waals surface area contributed by atoms with E-state index in [-0.39, 0.29) is 5.91 Å². The van der Waals surface area contributed by atoms with Crippen molar-refractivity contribution in [3.63, 3.8) is 0 Å². The van der Waals surface area contributed by atoms with Crippen LogP contribution in [0.3, 0.4) is 0 Å². The van der Waals surface area contributed by atoms with E-state index in [9.17, 15) is 4.79 Å². The molecule has 0 saturated carbocycles. The SMILES string of the molecule is CCCCCNC(=O)Cc1cc(Cl)ccc1OC. The number of hydrogen-bond donors (Lipinski definition) is 1. The molecule has 0 radical (unpaired) electrons. The molecule has 1 rings (SSSR count). The molecule has 0 aliphatic rings. The molecule has 0 aliphatic heterocycles. The van der Waals surface area contributed by atoms with E-state index < -0.39 is 0 Å². The van der Waals surface area contributed by atoms with Crippen LogP contribution >= 0.6 is 11.6 Å². The number of amides is 1. The Balaban J connectivity index is 2.50. The summed E-state index contributed by atoms with van der Waals surface area (Å²) < 4.78 is 5.21. The monoisotopic (exact) mass is 269 g/mol. The van der Waals surface area contributed by atoms with E-state index in [1.54, 1.807) is 25.3 Å². The van der Waals surface area contributed by atoms with Crippen LogP contribution in [0.4, 0.5) is 0 Å². The summed E-state index contributed by atoms with van der Waals surface area (Å²) >= 11 is 5.92. The highest BCUT2D eigenvalue weighted by atomic mass is 35.5. The molecule has 0 bridgehead atoms. The van der Waals surface area contributed by atoms with E-state index in [1.165, 1.54) is 0 Å². The molecule has 18 heavy (non-hydrogen) atoms. The first-order valence-corrected chi connectivity index (χ1v) is 6.64. The summed E-state index contributed by atoms with van der Waals surface area (Å²) in [6.07, 6.45) is 3.61. The lowest BCUT2D eigenvalue weighted by molar-refractivity contribution is -0.120. The van der Waals surface area contributed by atoms with Crippen LogP contribution in [0.15, 0.2) is 18.2 Å². The Morgan fingerprint density at radius 2 is 2.17 bits per heavy atom. The molecule has 1 aromatic rings. The molecule has 0 aromatic heterocycles. The first kappa shape index (κ1) is 14.8. The standard InChI is InChI=1S/C14H20ClNO2/c1-3-4-5-8-16-14(17)10-11-9-12(15)6-7-13(11)18-2/h6-7,9H,3-5,8,10H2,1-2H3,(H,16,17). The number of methoxy groups -OCH3 is 1. The molecule has 0 aliphatic carbocycles. The lowest BCUT2D eigenvalue weighted by atomic mass is 10.1. The highest BCUT2D eigenvalue weighted by Crippen LogP contribution is 2.22. The van der Waals surface area contributed by atoms with Crippen molar-refractivity contribution in [2.45, 2.75) is 32.6 Å². The van der Waals surface area contributed by atoms with Gasteiger partial charge < -0.3 is 10.1 Å². The molecule has 0 unspecified atom stereocenters. The molecule has 0 saturated heterocycles. The Hall–Kier alpha value is -1.22. The van der Waals surface area contributed by atoms with Gasteiger partial charge in [0, 0.05) is 17.1 Å². The first-order chi connectivity index (χ1) is 8.67. The van der Waals surface area contributed by atoms with E-state index >= 15 is 0 Å². The topological polar surface area (TPSA) is 38.3 Å². The van der Waals surface area contributed by atoms with Gasteiger partial charge in [-0.3, -0.25) is 4.79 Å². The van der Waals surface area contributed by atoms with Crippen molar-refractivity contribution in [1.29, 1.82) is 0 Å². The lowest BCUT2D eigenvalue weighted by Gasteiger charge is -2.09. The molecule has 0 fully saturated rings. The van der Waals surface area contributed by atoms with Crippen molar-refractivity contribution < 1.29 is 9.53 Å². The quantitative estimate of drug-likeness (QED) is 0.772. The van der Waals surface area contributed by atoms with Crippen molar-refractivity contribution in [3.05, 3.63) is 28.8 Å². The van der Waals surface area contributed by atoms with Crippen molar-refractivity contribution in [2.75, 3.05) is 13.7 Å². The van der Waals surface area contributed by atoms with Gasteiger partial charge in [0.15, 0.2) is 0 Å². The van der Waals surface area contributed by atoms with Crippen molar-refractivity contribution in [3.8, 4) is 5.75 Å². The van der Waals surface area contributed by atoms with Crippen LogP contribution in [0, 0.1) is 0 Å². The van der Waals surface area contributed by atoms with Gasteiger partial charge in [-0.1, -0.05) is 31.4 Å². The van der Waals surface area contributed by atoms with E-state index in [0.717, 1.165) is 31.4 Å². The second kappa shape index (κ2) is 7.98. The number of nitrogens with one attached hydrogen (secondary N) is 1. The number of benzene rings is 1. The van der Waals surface area contributed by atoms with E-state index in [1.807, 2.05) is 0 Å². The summed E-state index contributed by atoms with van der Waals surface area (Å²) in [5.74, 6) is 0.703. The number of ether oxygens (including phenoxy) is 1. The van der Waals surface area contributed by atoms with E-state index in [2.05, 4.69) is 12.2 Å². The number of unbranched alkanes of at least 4 members (excludes halogenated alkanes) is 2. The number of rotatable bonds is 7. The molecule has 1 N–H and O–H groups in total. The number of carbonyl (C=O) groups excluding carboxylic acids is 1. The minimum absolute atomic E-state index is 0.00618. The molecule has 100 valence electrons. The maximum absolute atomic E-state index is 11.7. The fourth-order valence-electron chi connectivity index (χ4n) is 1.72. The summed E-state index contributed by atoms with van der Waals surface area (Å²) in [6, 6.07) is 5.30. The third-order valence-electron chi connectivity index (χ3n) is 2.70. The molecule has 1 aromatic carbocycles. The number of halogens is 1. The van der Waals surface area contributed by atoms with Gasteiger partial charge in [-0.2, -0.15) is 0 Å². The summed E-state index contributed by atoms with van der Waals surface area (Å²) in [5, 5.41) is 3.51. The third kappa shape index (κ3) is 4.96. The molecule has 3 nitrogen and oxygen atoms in total. The maximum atomic E-state index is 11.7. The largest absolute Gasteiger partial charge is 0.496 e. The first-order valence-electron chi connectivity index (χ1n) is 6.26. The Labute approximate surface area is 113 Å². The predicted octanol–water partition coefficient (Wildman–Crippen LogP) is 3.20. The minimum atomic E-state index is 0.00618. The summed E-state index contributed by atoms with van der Waals surface area (Å²) in [7, 11) is 1.59. The van der Waals surface area contributed by atoms with Crippen LogP contribution < -0.4 is 10.1 Å². The average Bonchev–Trinajstić information content (AvgIpc) is 2.35. The smallest absolute Gasteiger partial charge is 0.224 e. The summed E-state index contributed by atoms with van der Waals surface area (Å²) in [6.45, 7) is 2.87. The summed E-state index contributed by atoms with van der Waals surface area (Å²) in [5.41, 5.74) is 0.818. The van der Waals surface area contributed by atoms with Crippen LogP contribution in [-0.2, 0) is 11.2 Å². The van der Waals surface area contributed by atoms with Gasteiger partial charge in [-0.15, -0.1) is 0 Å². The van der Waals surface area contributed by atoms with Crippen molar-refractivity contribution >= 4 is 17.5 Å². The molecular formula is C14H20ClNO2. The van der Waals surface area contributed by atoms with Gasteiger partial charge in [-0.05, 0) is 24.6 Å². The van der Waals surface area contributed by atoms with Gasteiger partial charge in [-0.25, -0.2) is 0 Å². The lowest BCUT2D eigenvalue weighted by Crippen LogP contribution is -2.26. The fourth-order valence-corrected chi connectivity index (χ4v) is 1.92. The predicted molar refractivity (Wildman–Crippen MR) is 74.2 cm³/mol. The molecule has 4 heteroatoms. The van der Waals surface area contributed by atoms with Gasteiger partial charge in [0.05, 0.1) is 13.5 Å². The zero-order chi connectivity index (χ0) is 13.4. The van der Waals surface area contributed by atoms with Crippen molar-refractivity contribution in [1.82, 2.24) is 5.32 Å². The second-order valence-electron chi connectivity index (χ2n) is 4.19. The minimum Gasteiger partial charge on any atom is -0.496 e. The van der Waals surface area contributed by atoms with Gasteiger partial charge in [0.2, 0.25) is 5.91 Å². The normalized spacial score (nSPS) is 10.2.